The summed E-state index contributed by atoms with van der Waals surface area (Å²) in [5, 5.41) is 7.54. The average molecular weight is 432 g/mol. The summed E-state index contributed by atoms with van der Waals surface area (Å²) in [6, 6.07) is 16.0. The third-order valence-electron chi connectivity index (χ3n) is 6.25. The Morgan fingerprint density at radius 3 is 2.84 bits per heavy atom. The maximum atomic E-state index is 13.6. The zero-order valence-corrected chi connectivity index (χ0v) is 17.8. The van der Waals surface area contributed by atoms with Crippen molar-refractivity contribution in [2.24, 2.45) is 0 Å². The number of hydrogen-bond donors (Lipinski definition) is 1. The lowest BCUT2D eigenvalue weighted by molar-refractivity contribution is 0.0745. The Morgan fingerprint density at radius 2 is 1.97 bits per heavy atom. The minimum absolute atomic E-state index is 0.0471. The van der Waals surface area contributed by atoms with Gasteiger partial charge in [0.25, 0.3) is 11.8 Å². The van der Waals surface area contributed by atoms with Crippen LogP contribution in [0.25, 0.3) is 0 Å². The monoisotopic (exact) mass is 432 g/mol. The summed E-state index contributed by atoms with van der Waals surface area (Å²) in [5.41, 5.74) is 3.82. The molecule has 6 nitrogen and oxygen atoms in total. The lowest BCUT2D eigenvalue weighted by Crippen LogP contribution is -2.31. The van der Waals surface area contributed by atoms with Crippen molar-refractivity contribution in [1.29, 1.82) is 0 Å². The van der Waals surface area contributed by atoms with Crippen molar-refractivity contribution in [2.75, 3.05) is 6.54 Å². The molecule has 0 fully saturated rings. The van der Waals surface area contributed by atoms with Crippen LogP contribution in [0.15, 0.2) is 54.6 Å². The van der Waals surface area contributed by atoms with Crippen LogP contribution < -0.4 is 5.32 Å². The summed E-state index contributed by atoms with van der Waals surface area (Å²) in [5.74, 6) is -0.781. The average Bonchev–Trinajstić information content (AvgIpc) is 3.17. The number of nitrogens with zero attached hydrogens (tertiary/aromatic N) is 3. The quantitative estimate of drug-likeness (QED) is 0.681. The van der Waals surface area contributed by atoms with Crippen molar-refractivity contribution < 1.29 is 14.0 Å². The second-order valence-corrected chi connectivity index (χ2v) is 8.47. The Hall–Kier alpha value is -3.48. The van der Waals surface area contributed by atoms with Crippen LogP contribution >= 0.6 is 0 Å². The van der Waals surface area contributed by atoms with Gasteiger partial charge in [-0.05, 0) is 54.5 Å². The van der Waals surface area contributed by atoms with Gasteiger partial charge in [-0.3, -0.25) is 14.3 Å². The van der Waals surface area contributed by atoms with Crippen molar-refractivity contribution in [2.45, 2.75) is 44.8 Å². The second-order valence-electron chi connectivity index (χ2n) is 8.47. The van der Waals surface area contributed by atoms with Crippen LogP contribution in [-0.4, -0.2) is 33.0 Å². The highest BCUT2D eigenvalue weighted by atomic mass is 19.1. The van der Waals surface area contributed by atoms with E-state index in [1.165, 1.54) is 17.7 Å². The minimum Gasteiger partial charge on any atom is -0.344 e. The molecule has 2 aromatic carbocycles. The standard InChI is InChI=1S/C25H25FN4O2/c26-19-9-3-6-17(14-19)16-29-12-5-13-30-23(25(29)32)15-22(28-30)24(31)27-21-11-4-8-18-7-1-2-10-20(18)21/h1-3,6-7,9-10,14-15,21H,4-5,8,11-13,16H2,(H,27,31)/t21-/m0/s1. The fraction of sp³-hybridized carbons (Fsp3) is 0.320. The number of aromatic nitrogens is 2. The third-order valence-corrected chi connectivity index (χ3v) is 6.25. The van der Waals surface area contributed by atoms with Crippen LogP contribution in [0.1, 0.15) is 63.0 Å². The molecule has 2 heterocycles. The van der Waals surface area contributed by atoms with E-state index in [4.69, 9.17) is 0 Å². The molecule has 0 unspecified atom stereocenters. The molecule has 32 heavy (non-hydrogen) atoms. The van der Waals surface area contributed by atoms with Crippen LogP contribution in [0.5, 0.6) is 0 Å². The molecule has 1 aromatic heterocycles. The lowest BCUT2D eigenvalue weighted by Gasteiger charge is -2.26. The number of carbonyl (C=O) groups excluding carboxylic acids is 2. The molecule has 0 saturated carbocycles. The van der Waals surface area contributed by atoms with E-state index >= 15 is 0 Å². The van der Waals surface area contributed by atoms with E-state index in [2.05, 4.69) is 22.5 Å². The number of nitrogens with one attached hydrogen (secondary N) is 1. The van der Waals surface area contributed by atoms with Gasteiger partial charge in [0.2, 0.25) is 0 Å². The van der Waals surface area contributed by atoms with Gasteiger partial charge in [-0.15, -0.1) is 0 Å². The maximum absolute atomic E-state index is 13.6. The summed E-state index contributed by atoms with van der Waals surface area (Å²) < 4.78 is 15.2. The van der Waals surface area contributed by atoms with Crippen LogP contribution in [0, 0.1) is 5.82 Å². The van der Waals surface area contributed by atoms with Gasteiger partial charge < -0.3 is 10.2 Å². The van der Waals surface area contributed by atoms with Gasteiger partial charge in [0, 0.05) is 25.7 Å². The number of benzene rings is 2. The molecule has 3 aromatic rings. The van der Waals surface area contributed by atoms with E-state index in [9.17, 15) is 14.0 Å². The normalized spacial score (nSPS) is 18.0. The van der Waals surface area contributed by atoms with Crippen molar-refractivity contribution in [3.8, 4) is 0 Å². The number of carbonyl (C=O) groups is 2. The van der Waals surface area contributed by atoms with E-state index < -0.39 is 0 Å². The van der Waals surface area contributed by atoms with E-state index in [0.717, 1.165) is 30.4 Å². The summed E-state index contributed by atoms with van der Waals surface area (Å²) in [7, 11) is 0. The van der Waals surface area contributed by atoms with Gasteiger partial charge >= 0.3 is 0 Å². The van der Waals surface area contributed by atoms with Crippen LogP contribution in [0.3, 0.4) is 0 Å². The molecule has 2 aliphatic rings. The van der Waals surface area contributed by atoms with Crippen molar-refractivity contribution in [3.05, 3.63) is 88.5 Å². The van der Waals surface area contributed by atoms with Gasteiger partial charge in [0.1, 0.15) is 11.5 Å². The summed E-state index contributed by atoms with van der Waals surface area (Å²) in [4.78, 5) is 27.8. The Balaban J connectivity index is 1.34. The van der Waals surface area contributed by atoms with Crippen molar-refractivity contribution in [3.63, 3.8) is 0 Å². The highest BCUT2D eigenvalue weighted by molar-refractivity contribution is 5.98. The topological polar surface area (TPSA) is 67.2 Å². The van der Waals surface area contributed by atoms with E-state index in [1.807, 2.05) is 12.1 Å². The first-order valence-corrected chi connectivity index (χ1v) is 11.1. The zero-order valence-electron chi connectivity index (χ0n) is 17.8. The first-order chi connectivity index (χ1) is 15.6. The molecule has 0 bridgehead atoms. The summed E-state index contributed by atoms with van der Waals surface area (Å²) in [6.07, 6.45) is 3.65. The Bertz CT molecular complexity index is 1170. The Kier molecular flexibility index (Phi) is 5.47. The smallest absolute Gasteiger partial charge is 0.272 e. The van der Waals surface area contributed by atoms with Crippen LogP contribution in [0.4, 0.5) is 4.39 Å². The first-order valence-electron chi connectivity index (χ1n) is 11.1. The molecule has 1 N–H and O–H groups in total. The van der Waals surface area contributed by atoms with Gasteiger partial charge in [0.15, 0.2) is 5.69 Å². The summed E-state index contributed by atoms with van der Waals surface area (Å²) in [6.45, 7) is 1.43. The molecular formula is C25H25FN4O2. The fourth-order valence-corrected chi connectivity index (χ4v) is 4.69. The molecule has 7 heteroatoms. The second kappa shape index (κ2) is 8.57. The highest BCUT2D eigenvalue weighted by Crippen LogP contribution is 2.29. The number of halogens is 1. The molecule has 0 radical (unpaired) electrons. The number of fused-ring (bicyclic) bond motifs is 2. The molecule has 0 saturated heterocycles. The Morgan fingerprint density at radius 1 is 1.09 bits per heavy atom. The SMILES string of the molecule is O=C(N[C@H]1CCCc2ccccc21)c1cc2n(n1)CCCN(Cc1cccc(F)c1)C2=O. The van der Waals surface area contributed by atoms with Crippen molar-refractivity contribution in [1.82, 2.24) is 20.0 Å². The molecule has 0 spiro atoms. The van der Waals surface area contributed by atoms with Crippen LogP contribution in [0.2, 0.25) is 0 Å². The third kappa shape index (κ3) is 4.02. The molecule has 2 amide bonds. The largest absolute Gasteiger partial charge is 0.344 e. The molecular weight excluding hydrogens is 407 g/mol. The molecule has 5 rings (SSSR count). The first kappa shape index (κ1) is 20.4. The van der Waals surface area contributed by atoms with Gasteiger partial charge in [-0.1, -0.05) is 36.4 Å². The number of rotatable bonds is 4. The minimum atomic E-state index is -0.321. The van der Waals surface area contributed by atoms with Crippen LogP contribution in [-0.2, 0) is 19.5 Å². The number of aryl methyl sites for hydroxylation is 2. The molecule has 1 atom stereocenters. The maximum Gasteiger partial charge on any atom is 0.272 e. The lowest BCUT2D eigenvalue weighted by atomic mass is 9.87. The Labute approximate surface area is 186 Å². The number of amides is 2. The van der Waals surface area contributed by atoms with Crippen molar-refractivity contribution >= 4 is 11.8 Å². The molecule has 1 aliphatic heterocycles. The van der Waals surface area contributed by atoms with E-state index in [0.29, 0.717) is 31.7 Å². The summed E-state index contributed by atoms with van der Waals surface area (Å²) >= 11 is 0. The van der Waals surface area contributed by atoms with Gasteiger partial charge in [-0.2, -0.15) is 5.10 Å². The fourth-order valence-electron chi connectivity index (χ4n) is 4.69. The van der Waals surface area contributed by atoms with E-state index in [1.54, 1.807) is 27.8 Å². The zero-order chi connectivity index (χ0) is 22.1. The molecule has 1 aliphatic carbocycles. The predicted molar refractivity (Wildman–Crippen MR) is 118 cm³/mol. The number of hydrogen-bond acceptors (Lipinski definition) is 3. The van der Waals surface area contributed by atoms with Gasteiger partial charge in [0.05, 0.1) is 6.04 Å². The highest BCUT2D eigenvalue weighted by Gasteiger charge is 2.28. The van der Waals surface area contributed by atoms with Gasteiger partial charge in [-0.25, -0.2) is 4.39 Å². The predicted octanol–water partition coefficient (Wildman–Crippen LogP) is 3.88. The van der Waals surface area contributed by atoms with E-state index in [-0.39, 0.29) is 29.4 Å². The molecule has 164 valence electrons.